The quantitative estimate of drug-likeness (QED) is 0.166. The lowest BCUT2D eigenvalue weighted by atomic mass is 9.51. The molecule has 13 rings (SSSR count). The number of furan rings is 1. The van der Waals surface area contributed by atoms with Crippen molar-refractivity contribution in [2.45, 2.75) is 10.8 Å². The van der Waals surface area contributed by atoms with Crippen molar-refractivity contribution in [2.75, 3.05) is 4.90 Å². The second-order valence-electron chi connectivity index (χ2n) is 17.1. The summed E-state index contributed by atoms with van der Waals surface area (Å²) in [6.45, 7) is 0. The third-order valence-electron chi connectivity index (χ3n) is 14.0. The molecule has 0 N–H and O–H groups in total. The van der Waals surface area contributed by atoms with Gasteiger partial charge in [0.2, 0.25) is 0 Å². The van der Waals surface area contributed by atoms with Crippen molar-refractivity contribution in [3.05, 3.63) is 293 Å². The fourth-order valence-corrected chi connectivity index (χ4v) is 11.5. The van der Waals surface area contributed by atoms with Crippen molar-refractivity contribution in [3.63, 3.8) is 0 Å². The molecule has 0 amide bonds. The first-order valence-electron chi connectivity index (χ1n) is 22.2. The molecule has 1 heterocycles. The molecule has 0 saturated heterocycles. The molecule has 0 bridgehead atoms. The van der Waals surface area contributed by atoms with Crippen molar-refractivity contribution in [1.82, 2.24) is 0 Å². The molecule has 10 aromatic carbocycles. The first-order valence-corrected chi connectivity index (χ1v) is 22.2. The summed E-state index contributed by atoms with van der Waals surface area (Å²) in [4.78, 5) is 2.42. The van der Waals surface area contributed by atoms with Gasteiger partial charge in [-0.2, -0.15) is 0 Å². The highest BCUT2D eigenvalue weighted by molar-refractivity contribution is 6.06. The van der Waals surface area contributed by atoms with Gasteiger partial charge in [-0.15, -0.1) is 0 Å². The SMILES string of the molecule is c1ccc(-c2ccc(N(c3ccc4c(c3)C3(c5ccccc5-4)c4ccccc4C(c4ccccc4)(c4ccccc4)c4ccccc43)c3ccc4oc5ccccc5c4c3)cc2)cc1. The first-order chi connectivity index (χ1) is 31.7. The third kappa shape index (κ3) is 5.08. The summed E-state index contributed by atoms with van der Waals surface area (Å²) in [5, 5.41) is 2.20. The van der Waals surface area contributed by atoms with Gasteiger partial charge in [0.05, 0.1) is 10.8 Å². The topological polar surface area (TPSA) is 16.4 Å². The van der Waals surface area contributed by atoms with Crippen LogP contribution in [0.1, 0.15) is 44.5 Å². The maximum atomic E-state index is 6.36. The smallest absolute Gasteiger partial charge is 0.135 e. The standard InChI is InChI=1S/C62H41NO/c1-4-18-42(19-5-1)43-32-34-46(35-33-43)63(47-37-39-60-52(40-47)51-25-11-17-31-59(51)64-60)48-36-38-50-49-24-10-12-26-53(49)62(58(50)41-48)56-29-15-13-27-54(56)61(44-20-6-2-7-21-44,45-22-8-3-9-23-45)55-28-14-16-30-57(55)62/h1-41H. The van der Waals surface area contributed by atoms with Gasteiger partial charge >= 0.3 is 0 Å². The average molecular weight is 816 g/mol. The Hall–Kier alpha value is -8.20. The molecule has 64 heavy (non-hydrogen) atoms. The Balaban J connectivity index is 1.10. The minimum absolute atomic E-state index is 0.564. The van der Waals surface area contributed by atoms with Crippen molar-refractivity contribution in [1.29, 1.82) is 0 Å². The van der Waals surface area contributed by atoms with Crippen LogP contribution in [0.25, 0.3) is 44.2 Å². The summed E-state index contributed by atoms with van der Waals surface area (Å²) in [5.74, 6) is 0. The van der Waals surface area contributed by atoms with Crippen molar-refractivity contribution >= 4 is 39.0 Å². The van der Waals surface area contributed by atoms with Crippen LogP contribution in [-0.4, -0.2) is 0 Å². The van der Waals surface area contributed by atoms with Crippen LogP contribution in [0.4, 0.5) is 17.1 Å². The van der Waals surface area contributed by atoms with E-state index in [1.807, 2.05) is 6.07 Å². The molecular weight excluding hydrogens is 775 g/mol. The second kappa shape index (κ2) is 14.2. The van der Waals surface area contributed by atoms with E-state index in [-0.39, 0.29) is 0 Å². The minimum atomic E-state index is -0.615. The van der Waals surface area contributed by atoms with E-state index in [4.69, 9.17) is 4.42 Å². The fourth-order valence-electron chi connectivity index (χ4n) is 11.5. The molecule has 0 fully saturated rings. The Morgan fingerprint density at radius 2 is 0.734 bits per heavy atom. The summed E-state index contributed by atoms with van der Waals surface area (Å²) >= 11 is 0. The van der Waals surface area contributed by atoms with E-state index in [2.05, 4.69) is 248 Å². The van der Waals surface area contributed by atoms with E-state index in [0.717, 1.165) is 39.0 Å². The summed E-state index contributed by atoms with van der Waals surface area (Å²) < 4.78 is 6.36. The zero-order valence-corrected chi connectivity index (χ0v) is 35.0. The van der Waals surface area contributed by atoms with Crippen molar-refractivity contribution in [3.8, 4) is 22.3 Å². The second-order valence-corrected chi connectivity index (χ2v) is 17.1. The van der Waals surface area contributed by atoms with Crippen LogP contribution < -0.4 is 4.90 Å². The monoisotopic (exact) mass is 815 g/mol. The summed E-state index contributed by atoms with van der Waals surface area (Å²) in [5.41, 5.74) is 19.0. The molecule has 2 nitrogen and oxygen atoms in total. The van der Waals surface area contributed by atoms with Gasteiger partial charge in [-0.25, -0.2) is 0 Å². The Bertz CT molecular complexity index is 3460. The maximum Gasteiger partial charge on any atom is 0.135 e. The van der Waals surface area contributed by atoms with Gasteiger partial charge in [-0.05, 0) is 115 Å². The van der Waals surface area contributed by atoms with Gasteiger partial charge in [-0.1, -0.05) is 200 Å². The molecule has 300 valence electrons. The number of hydrogen-bond donors (Lipinski definition) is 0. The first kappa shape index (κ1) is 36.5. The number of hydrogen-bond acceptors (Lipinski definition) is 2. The molecule has 0 saturated carbocycles. The summed E-state index contributed by atoms with van der Waals surface area (Å²) in [7, 11) is 0. The van der Waals surface area contributed by atoms with Crippen molar-refractivity contribution < 1.29 is 4.42 Å². The average Bonchev–Trinajstić information content (AvgIpc) is 3.89. The largest absolute Gasteiger partial charge is 0.456 e. The lowest BCUT2D eigenvalue weighted by Crippen LogP contribution is -2.44. The van der Waals surface area contributed by atoms with Crippen molar-refractivity contribution in [2.24, 2.45) is 0 Å². The zero-order valence-electron chi connectivity index (χ0n) is 35.0. The van der Waals surface area contributed by atoms with Crippen LogP contribution in [0.3, 0.4) is 0 Å². The highest BCUT2D eigenvalue weighted by atomic mass is 16.3. The van der Waals surface area contributed by atoms with Crippen LogP contribution in [-0.2, 0) is 10.8 Å². The van der Waals surface area contributed by atoms with Crippen LogP contribution >= 0.6 is 0 Å². The molecule has 1 spiro atoms. The van der Waals surface area contributed by atoms with Crippen LogP contribution in [0, 0.1) is 0 Å². The van der Waals surface area contributed by atoms with E-state index in [0.29, 0.717) is 0 Å². The van der Waals surface area contributed by atoms with E-state index >= 15 is 0 Å². The van der Waals surface area contributed by atoms with E-state index in [1.165, 1.54) is 66.8 Å². The molecule has 2 aliphatic rings. The highest BCUT2D eigenvalue weighted by Gasteiger charge is 2.56. The van der Waals surface area contributed by atoms with Gasteiger partial charge in [0.15, 0.2) is 0 Å². The summed E-state index contributed by atoms with van der Waals surface area (Å²) in [6.07, 6.45) is 0. The number of anilines is 3. The molecule has 0 unspecified atom stereocenters. The highest BCUT2D eigenvalue weighted by Crippen LogP contribution is 2.65. The Labute approximate surface area is 373 Å². The third-order valence-corrected chi connectivity index (χ3v) is 14.0. The minimum Gasteiger partial charge on any atom is -0.456 e. The van der Waals surface area contributed by atoms with E-state index in [9.17, 15) is 0 Å². The number of nitrogens with zero attached hydrogens (tertiary/aromatic N) is 1. The molecule has 0 radical (unpaired) electrons. The van der Waals surface area contributed by atoms with Crippen LogP contribution in [0.5, 0.6) is 0 Å². The van der Waals surface area contributed by atoms with Gasteiger partial charge in [0, 0.05) is 27.8 Å². The lowest BCUT2D eigenvalue weighted by molar-refractivity contribution is 0.623. The van der Waals surface area contributed by atoms with Gasteiger partial charge < -0.3 is 9.32 Å². The number of rotatable bonds is 6. The normalized spacial score (nSPS) is 13.9. The zero-order chi connectivity index (χ0) is 42.2. The fraction of sp³-hybridized carbons (Fsp3) is 0.0323. The predicted molar refractivity (Wildman–Crippen MR) is 263 cm³/mol. The molecule has 1 aromatic heterocycles. The summed E-state index contributed by atoms with van der Waals surface area (Å²) in [6, 6.07) is 91.7. The predicted octanol–water partition coefficient (Wildman–Crippen LogP) is 15.8. The van der Waals surface area contributed by atoms with Gasteiger partial charge in [0.25, 0.3) is 0 Å². The number of benzene rings is 10. The number of para-hydroxylation sites is 1. The van der Waals surface area contributed by atoms with Crippen LogP contribution in [0.2, 0.25) is 0 Å². The Morgan fingerprint density at radius 1 is 0.281 bits per heavy atom. The molecule has 2 aliphatic carbocycles. The molecule has 0 aliphatic heterocycles. The van der Waals surface area contributed by atoms with Crippen LogP contribution in [0.15, 0.2) is 253 Å². The number of fused-ring (bicyclic) bond motifs is 12. The lowest BCUT2D eigenvalue weighted by Gasteiger charge is -2.50. The molecule has 11 aromatic rings. The van der Waals surface area contributed by atoms with Gasteiger partial charge in [0.1, 0.15) is 11.2 Å². The molecule has 0 atom stereocenters. The van der Waals surface area contributed by atoms with E-state index < -0.39 is 10.8 Å². The molecule has 2 heteroatoms. The Morgan fingerprint density at radius 3 is 1.39 bits per heavy atom. The maximum absolute atomic E-state index is 6.36. The molecular formula is C62H41NO. The van der Waals surface area contributed by atoms with Gasteiger partial charge in [-0.3, -0.25) is 0 Å². The van der Waals surface area contributed by atoms with E-state index in [1.54, 1.807) is 0 Å². The Kier molecular flexibility index (Phi) is 8.07.